The van der Waals surface area contributed by atoms with Gasteiger partial charge in [-0.3, -0.25) is 9.00 Å². The van der Waals surface area contributed by atoms with E-state index in [9.17, 15) is 9.00 Å². The van der Waals surface area contributed by atoms with Crippen LogP contribution in [0.3, 0.4) is 0 Å². The molecule has 2 heterocycles. The average Bonchev–Trinajstić information content (AvgIpc) is 3.26. The summed E-state index contributed by atoms with van der Waals surface area (Å²) >= 11 is 0. The van der Waals surface area contributed by atoms with Crippen molar-refractivity contribution in [2.75, 3.05) is 0 Å². The number of carbonyl (C=O) groups is 1. The van der Waals surface area contributed by atoms with Crippen LogP contribution in [0.1, 0.15) is 33.2 Å². The fourth-order valence-corrected chi connectivity index (χ4v) is 3.46. The minimum Gasteiger partial charge on any atom is -0.467 e. The molecule has 1 aromatic carbocycles. The van der Waals surface area contributed by atoms with Crippen molar-refractivity contribution < 1.29 is 17.8 Å². The largest absolute Gasteiger partial charge is 0.467 e. The molecule has 0 saturated heterocycles. The molecule has 25 heavy (non-hydrogen) atoms. The summed E-state index contributed by atoms with van der Waals surface area (Å²) in [6.45, 7) is 2.31. The maximum atomic E-state index is 12.3. The van der Waals surface area contributed by atoms with Crippen LogP contribution >= 0.6 is 0 Å². The van der Waals surface area contributed by atoms with Crippen LogP contribution in [0.25, 0.3) is 0 Å². The van der Waals surface area contributed by atoms with Crippen molar-refractivity contribution in [3.8, 4) is 0 Å². The van der Waals surface area contributed by atoms with E-state index in [1.165, 1.54) is 5.56 Å². The molecule has 1 atom stereocenters. The number of benzene rings is 1. The van der Waals surface area contributed by atoms with Gasteiger partial charge in [0.15, 0.2) is 5.76 Å². The van der Waals surface area contributed by atoms with E-state index in [-0.39, 0.29) is 17.4 Å². The molecule has 6 heteroatoms. The molecular weight excluding hydrogens is 338 g/mol. The van der Waals surface area contributed by atoms with Crippen molar-refractivity contribution in [2.24, 2.45) is 0 Å². The number of carbonyl (C=O) groups excluding carboxylic acids is 1. The lowest BCUT2D eigenvalue weighted by molar-refractivity contribution is 0.0919. The molecule has 130 valence electrons. The summed E-state index contributed by atoms with van der Waals surface area (Å²) in [6.07, 6.45) is 1.55. The molecule has 0 fully saturated rings. The molecule has 0 aliphatic heterocycles. The summed E-state index contributed by atoms with van der Waals surface area (Å²) in [5.41, 5.74) is 2.19. The molecular formula is C19H19NO4S. The Morgan fingerprint density at radius 3 is 2.56 bits per heavy atom. The van der Waals surface area contributed by atoms with Gasteiger partial charge in [-0.2, -0.15) is 0 Å². The van der Waals surface area contributed by atoms with Gasteiger partial charge in [0.25, 0.3) is 5.91 Å². The third-order valence-electron chi connectivity index (χ3n) is 3.64. The SMILES string of the molecule is Cc1ccc(C[S@](=O)Cc2ccc(C(=O)NCc3ccco3)o2)cc1. The standard InChI is InChI=1S/C19H19NO4S/c1-14-4-6-15(7-5-14)12-25(22)13-17-8-9-18(24-17)19(21)20-11-16-3-2-10-23-16/h2-10H,11-13H2,1H3,(H,20,21)/t25-/m0/s1. The van der Waals surface area contributed by atoms with Gasteiger partial charge in [-0.15, -0.1) is 0 Å². The number of rotatable bonds is 7. The number of amides is 1. The zero-order valence-electron chi connectivity index (χ0n) is 13.9. The van der Waals surface area contributed by atoms with Crippen LogP contribution in [-0.2, 0) is 28.9 Å². The maximum absolute atomic E-state index is 12.3. The normalized spacial score (nSPS) is 12.0. The van der Waals surface area contributed by atoms with Crippen molar-refractivity contribution in [2.45, 2.75) is 25.0 Å². The molecule has 0 aliphatic rings. The van der Waals surface area contributed by atoms with Crippen molar-refractivity contribution >= 4 is 16.7 Å². The molecule has 0 saturated carbocycles. The Hall–Kier alpha value is -2.60. The lowest BCUT2D eigenvalue weighted by atomic mass is 10.2. The van der Waals surface area contributed by atoms with Gasteiger partial charge in [-0.25, -0.2) is 0 Å². The number of nitrogens with one attached hydrogen (secondary N) is 1. The second-order valence-corrected chi connectivity index (χ2v) is 7.20. The highest BCUT2D eigenvalue weighted by atomic mass is 32.2. The summed E-state index contributed by atoms with van der Waals surface area (Å²) < 4.78 is 22.9. The van der Waals surface area contributed by atoms with E-state index in [0.29, 0.717) is 23.8 Å². The zero-order valence-corrected chi connectivity index (χ0v) is 14.7. The Kier molecular flexibility index (Phi) is 5.50. The number of hydrogen-bond donors (Lipinski definition) is 1. The summed E-state index contributed by atoms with van der Waals surface area (Å²) in [4.78, 5) is 12.0. The Labute approximate surface area is 148 Å². The average molecular weight is 357 g/mol. The highest BCUT2D eigenvalue weighted by Gasteiger charge is 2.13. The van der Waals surface area contributed by atoms with Crippen LogP contribution in [0.4, 0.5) is 0 Å². The molecule has 1 N–H and O–H groups in total. The maximum Gasteiger partial charge on any atom is 0.287 e. The van der Waals surface area contributed by atoms with Crippen LogP contribution in [0.15, 0.2) is 63.6 Å². The van der Waals surface area contributed by atoms with Crippen molar-refractivity contribution in [3.63, 3.8) is 0 Å². The highest BCUT2D eigenvalue weighted by molar-refractivity contribution is 7.83. The van der Waals surface area contributed by atoms with Gasteiger partial charge in [0, 0.05) is 16.6 Å². The molecule has 3 rings (SSSR count). The minimum atomic E-state index is -1.10. The number of aryl methyl sites for hydroxylation is 1. The first-order valence-electron chi connectivity index (χ1n) is 7.90. The molecule has 0 bridgehead atoms. The molecule has 5 nitrogen and oxygen atoms in total. The molecule has 3 aromatic rings. The van der Waals surface area contributed by atoms with Crippen LogP contribution in [0, 0.1) is 6.92 Å². The van der Waals surface area contributed by atoms with Crippen LogP contribution in [-0.4, -0.2) is 10.1 Å². The second kappa shape index (κ2) is 7.98. The zero-order chi connectivity index (χ0) is 17.6. The molecule has 0 aliphatic carbocycles. The van der Waals surface area contributed by atoms with Gasteiger partial charge in [-0.1, -0.05) is 29.8 Å². The van der Waals surface area contributed by atoms with Gasteiger partial charge in [0.05, 0.1) is 18.6 Å². The van der Waals surface area contributed by atoms with Gasteiger partial charge in [-0.05, 0) is 36.8 Å². The van der Waals surface area contributed by atoms with Gasteiger partial charge in [0.1, 0.15) is 11.5 Å². The van der Waals surface area contributed by atoms with Crippen molar-refractivity contribution in [1.29, 1.82) is 0 Å². The smallest absolute Gasteiger partial charge is 0.287 e. The molecule has 0 spiro atoms. The Bertz CT molecular complexity index is 850. The van der Waals surface area contributed by atoms with Crippen molar-refractivity contribution in [1.82, 2.24) is 5.32 Å². The highest BCUT2D eigenvalue weighted by Crippen LogP contribution is 2.13. The second-order valence-electron chi connectivity index (χ2n) is 5.74. The molecule has 0 radical (unpaired) electrons. The summed E-state index contributed by atoms with van der Waals surface area (Å²) in [6, 6.07) is 14.8. The topological polar surface area (TPSA) is 72.5 Å². The van der Waals surface area contributed by atoms with E-state index in [2.05, 4.69) is 5.32 Å². The summed E-state index contributed by atoms with van der Waals surface area (Å²) in [5.74, 6) is 1.81. The van der Waals surface area contributed by atoms with Gasteiger partial charge in [0.2, 0.25) is 0 Å². The summed E-state index contributed by atoms with van der Waals surface area (Å²) in [7, 11) is -1.10. The fraction of sp³-hybridized carbons (Fsp3) is 0.211. The number of furan rings is 2. The van der Waals surface area contributed by atoms with E-state index in [1.807, 2.05) is 31.2 Å². The Morgan fingerprint density at radius 1 is 1.04 bits per heavy atom. The fourth-order valence-electron chi connectivity index (χ4n) is 2.33. The Balaban J connectivity index is 1.52. The van der Waals surface area contributed by atoms with E-state index >= 15 is 0 Å². The van der Waals surface area contributed by atoms with E-state index < -0.39 is 10.8 Å². The van der Waals surface area contributed by atoms with Crippen LogP contribution in [0.2, 0.25) is 0 Å². The quantitative estimate of drug-likeness (QED) is 0.702. The predicted molar refractivity (Wildman–Crippen MR) is 95.3 cm³/mol. The summed E-state index contributed by atoms with van der Waals surface area (Å²) in [5, 5.41) is 2.71. The minimum absolute atomic E-state index is 0.203. The lowest BCUT2D eigenvalue weighted by Gasteiger charge is -2.02. The predicted octanol–water partition coefficient (Wildman–Crippen LogP) is 3.56. The lowest BCUT2D eigenvalue weighted by Crippen LogP contribution is -2.21. The monoisotopic (exact) mass is 357 g/mol. The van der Waals surface area contributed by atoms with Crippen LogP contribution in [0.5, 0.6) is 0 Å². The molecule has 1 amide bonds. The van der Waals surface area contributed by atoms with Crippen molar-refractivity contribution in [3.05, 3.63) is 83.2 Å². The molecule has 0 unspecified atom stereocenters. The van der Waals surface area contributed by atoms with E-state index in [0.717, 1.165) is 5.56 Å². The van der Waals surface area contributed by atoms with Gasteiger partial charge >= 0.3 is 0 Å². The number of hydrogen-bond acceptors (Lipinski definition) is 4. The Morgan fingerprint density at radius 2 is 1.84 bits per heavy atom. The first kappa shape index (κ1) is 17.2. The van der Waals surface area contributed by atoms with Gasteiger partial charge < -0.3 is 14.2 Å². The first-order chi connectivity index (χ1) is 12.1. The first-order valence-corrected chi connectivity index (χ1v) is 9.39. The van der Waals surface area contributed by atoms with Crippen LogP contribution < -0.4 is 5.32 Å². The van der Waals surface area contributed by atoms with E-state index in [1.54, 1.807) is 30.5 Å². The van der Waals surface area contributed by atoms with E-state index in [4.69, 9.17) is 8.83 Å². The third-order valence-corrected chi connectivity index (χ3v) is 4.90. The molecule has 2 aromatic heterocycles. The third kappa shape index (κ3) is 4.93.